The van der Waals surface area contributed by atoms with Crippen LogP contribution in [0.2, 0.25) is 0 Å². The van der Waals surface area contributed by atoms with Gasteiger partial charge in [0.2, 0.25) is 0 Å². The van der Waals surface area contributed by atoms with Gasteiger partial charge in [-0.25, -0.2) is 0 Å². The predicted molar refractivity (Wildman–Crippen MR) is 330 cm³/mol. The number of Topliss-reactive ketones (excluding diaryl/α,β-unsaturated/α-hetero) is 3. The second-order valence-electron chi connectivity index (χ2n) is 24.7. The predicted octanol–water partition coefficient (Wildman–Crippen LogP) is 14.8. The Labute approximate surface area is 509 Å². The molecule has 0 aromatic heterocycles. The molecule has 84 heavy (non-hydrogen) atoms. The van der Waals surface area contributed by atoms with E-state index >= 15 is 0 Å². The molecular weight excluding hydrogens is 1070 g/mol. The number of unbranched alkanes of at least 4 members (excludes halogenated alkanes) is 10. The van der Waals surface area contributed by atoms with Crippen molar-refractivity contribution in [3.8, 4) is 0 Å². The fourth-order valence-electron chi connectivity index (χ4n) is 13.5. The first-order valence-electron chi connectivity index (χ1n) is 34.0. The normalized spacial score (nSPS) is 25.9. The SMILES string of the molecule is CCCCCC1C(=O)CCC1CC(=O)OC.CCCCCC1C(=O)CCC1CC(=O)OCC.CCCCCC1C(=O)CCC1CC(=O)OCCC.CCCCCC1C(O)CCC1CC(=O)OC.CCCCCC1C(O)CCC1CC(=O)OCC. The van der Waals surface area contributed by atoms with E-state index in [9.17, 15) is 48.6 Å². The third-order valence-corrected chi connectivity index (χ3v) is 18.4. The lowest BCUT2D eigenvalue weighted by Gasteiger charge is -2.21. The van der Waals surface area contributed by atoms with Crippen molar-refractivity contribution in [3.05, 3.63) is 0 Å². The van der Waals surface area contributed by atoms with Crippen molar-refractivity contribution in [2.24, 2.45) is 59.2 Å². The molecule has 5 saturated carbocycles. The van der Waals surface area contributed by atoms with Gasteiger partial charge in [-0.15, -0.1) is 0 Å². The Kier molecular flexibility index (Phi) is 45.0. The largest absolute Gasteiger partial charge is 0.469 e. The number of carbonyl (C=O) groups is 8. The van der Waals surface area contributed by atoms with Gasteiger partial charge in [0.25, 0.3) is 0 Å². The second kappa shape index (κ2) is 48.3. The Balaban J connectivity index is 0.000000525. The number of hydrogen-bond acceptors (Lipinski definition) is 15. The number of methoxy groups -OCH3 is 2. The van der Waals surface area contributed by atoms with Crippen molar-refractivity contribution >= 4 is 47.2 Å². The van der Waals surface area contributed by atoms with E-state index in [-0.39, 0.29) is 77.6 Å². The lowest BCUT2D eigenvalue weighted by Crippen LogP contribution is -2.22. The Morgan fingerprint density at radius 1 is 0.357 bits per heavy atom. The van der Waals surface area contributed by atoms with Gasteiger partial charge in [-0.2, -0.15) is 0 Å². The van der Waals surface area contributed by atoms with Gasteiger partial charge < -0.3 is 33.9 Å². The van der Waals surface area contributed by atoms with E-state index in [1.807, 2.05) is 20.8 Å². The molecule has 2 N–H and O–H groups in total. The molecule has 0 aromatic carbocycles. The van der Waals surface area contributed by atoms with Crippen LogP contribution >= 0.6 is 0 Å². The molecule has 0 amide bonds. The van der Waals surface area contributed by atoms with Crippen LogP contribution in [0, 0.1) is 59.2 Å². The highest BCUT2D eigenvalue weighted by Gasteiger charge is 2.39. The minimum Gasteiger partial charge on any atom is -0.469 e. The molecule has 5 aliphatic rings. The molecule has 0 heterocycles. The highest BCUT2D eigenvalue weighted by molar-refractivity contribution is 5.85. The first-order chi connectivity index (χ1) is 40.4. The summed E-state index contributed by atoms with van der Waals surface area (Å²) < 4.78 is 24.4. The number of hydrogen-bond donors (Lipinski definition) is 2. The molecule has 488 valence electrons. The lowest BCUT2D eigenvalue weighted by atomic mass is 9.87. The number of aliphatic hydroxyl groups is 2. The molecule has 0 aliphatic heterocycles. The third kappa shape index (κ3) is 32.3. The highest BCUT2D eigenvalue weighted by Crippen LogP contribution is 2.41. The topological polar surface area (TPSA) is 223 Å². The first kappa shape index (κ1) is 78.3. The molecule has 12 unspecified atom stereocenters. The van der Waals surface area contributed by atoms with Gasteiger partial charge in [0.15, 0.2) is 0 Å². The van der Waals surface area contributed by atoms with Crippen LogP contribution in [0.4, 0.5) is 0 Å². The van der Waals surface area contributed by atoms with Crippen LogP contribution in [0.3, 0.4) is 0 Å². The molecule has 0 spiro atoms. The lowest BCUT2D eigenvalue weighted by molar-refractivity contribution is -0.146. The summed E-state index contributed by atoms with van der Waals surface area (Å²) in [7, 11) is 2.84. The number of rotatable bonds is 34. The van der Waals surface area contributed by atoms with Gasteiger partial charge in [-0.3, -0.25) is 38.4 Å². The summed E-state index contributed by atoms with van der Waals surface area (Å²) in [6, 6.07) is 0. The number of carbonyl (C=O) groups excluding carboxylic acids is 8. The standard InChI is InChI=1S/C15H26O3.C14H26O3.C14H24O3.C13H24O3.C13H22O3/c1-3-5-6-7-13-12(8-9-14(13)16)11-15(17)18-10-4-2;2*1-3-5-6-7-12-11(8-9-13(12)15)10-14(16)17-4-2;2*1-3-4-5-6-11-10(7-8-12(11)14)9-13(15)16-2/h12-13H,3-11H2,1-2H3;11-13,15H,3-10H2,1-2H3;11-12H,3-10H2,1-2H3;10-12,14H,3-9H2,1-2H3;10-11H,3-9H2,1-2H3. The van der Waals surface area contributed by atoms with E-state index in [1.165, 1.54) is 78.4 Å². The van der Waals surface area contributed by atoms with Gasteiger partial charge in [0.1, 0.15) is 17.3 Å². The van der Waals surface area contributed by atoms with Gasteiger partial charge in [0.05, 0.1) is 46.2 Å². The zero-order valence-corrected chi connectivity index (χ0v) is 54.7. The molecule has 5 rings (SSSR count). The minimum absolute atomic E-state index is 0.105. The Morgan fingerprint density at radius 2 is 0.643 bits per heavy atom. The van der Waals surface area contributed by atoms with Crippen molar-refractivity contribution in [2.45, 2.75) is 299 Å². The molecule has 12 atom stereocenters. The van der Waals surface area contributed by atoms with E-state index in [4.69, 9.17) is 18.9 Å². The van der Waals surface area contributed by atoms with Crippen molar-refractivity contribution in [1.82, 2.24) is 0 Å². The fourth-order valence-corrected chi connectivity index (χ4v) is 13.5. The zero-order valence-electron chi connectivity index (χ0n) is 54.7. The first-order valence-corrected chi connectivity index (χ1v) is 34.0. The molecule has 0 radical (unpaired) electrons. The number of aliphatic hydroxyl groups excluding tert-OH is 2. The third-order valence-electron chi connectivity index (χ3n) is 18.4. The summed E-state index contributed by atoms with van der Waals surface area (Å²) in [5.74, 6) is 2.71. The average molecular weight is 1190 g/mol. The summed E-state index contributed by atoms with van der Waals surface area (Å²) in [4.78, 5) is 92.3. The molecule has 15 heteroatoms. The smallest absolute Gasteiger partial charge is 0.306 e. The van der Waals surface area contributed by atoms with Crippen LogP contribution < -0.4 is 0 Å². The monoisotopic (exact) mass is 1190 g/mol. The summed E-state index contributed by atoms with van der Waals surface area (Å²) in [6.07, 6.45) is 33.4. The molecule has 0 saturated heterocycles. The van der Waals surface area contributed by atoms with Gasteiger partial charge >= 0.3 is 29.8 Å². The zero-order chi connectivity index (χ0) is 62.7. The maximum absolute atomic E-state index is 11.8. The fraction of sp³-hybridized carbons (Fsp3) is 0.884. The molecule has 15 nitrogen and oxygen atoms in total. The maximum atomic E-state index is 11.8. The van der Waals surface area contributed by atoms with Crippen molar-refractivity contribution in [3.63, 3.8) is 0 Å². The average Bonchev–Trinajstić information content (AvgIpc) is 4.52. The second-order valence-corrected chi connectivity index (χ2v) is 24.7. The van der Waals surface area contributed by atoms with E-state index in [0.717, 1.165) is 116 Å². The van der Waals surface area contributed by atoms with Crippen LogP contribution in [0.1, 0.15) is 287 Å². The van der Waals surface area contributed by atoms with E-state index < -0.39 is 0 Å². The summed E-state index contributed by atoms with van der Waals surface area (Å²) in [6.45, 7) is 17.9. The van der Waals surface area contributed by atoms with E-state index in [0.29, 0.717) is 112 Å². The Bertz CT molecular complexity index is 1820. The minimum atomic E-state index is -0.203. The summed E-state index contributed by atoms with van der Waals surface area (Å²) in [5, 5.41) is 19.8. The van der Waals surface area contributed by atoms with Crippen LogP contribution in [0.15, 0.2) is 0 Å². The number of esters is 5. The number of ketones is 3. The van der Waals surface area contributed by atoms with Crippen molar-refractivity contribution in [1.29, 1.82) is 0 Å². The van der Waals surface area contributed by atoms with Crippen LogP contribution in [0.25, 0.3) is 0 Å². The van der Waals surface area contributed by atoms with Gasteiger partial charge in [0, 0.05) is 69.1 Å². The number of ether oxygens (including phenoxy) is 5. The molecule has 0 bridgehead atoms. The molecular formula is C69H122O15. The molecule has 0 aromatic rings. The Morgan fingerprint density at radius 3 is 0.940 bits per heavy atom. The Hall–Kier alpha value is -3.72. The summed E-state index contributed by atoms with van der Waals surface area (Å²) in [5.41, 5.74) is 0. The van der Waals surface area contributed by atoms with Crippen LogP contribution in [-0.4, -0.2) is 104 Å². The van der Waals surface area contributed by atoms with Gasteiger partial charge in [-0.1, -0.05) is 138 Å². The molecule has 5 aliphatic carbocycles. The van der Waals surface area contributed by atoms with Gasteiger partial charge in [-0.05, 0) is 139 Å². The highest BCUT2D eigenvalue weighted by atomic mass is 16.5. The maximum Gasteiger partial charge on any atom is 0.306 e. The van der Waals surface area contributed by atoms with Crippen molar-refractivity contribution < 1.29 is 72.3 Å². The molecule has 5 fully saturated rings. The van der Waals surface area contributed by atoms with Crippen LogP contribution in [-0.2, 0) is 62.0 Å². The van der Waals surface area contributed by atoms with Crippen LogP contribution in [0.5, 0.6) is 0 Å². The van der Waals surface area contributed by atoms with Crippen molar-refractivity contribution in [2.75, 3.05) is 34.0 Å². The summed E-state index contributed by atoms with van der Waals surface area (Å²) >= 11 is 0. The van der Waals surface area contributed by atoms with E-state index in [1.54, 1.807) is 0 Å². The quantitative estimate of drug-likeness (QED) is 0.0347. The van der Waals surface area contributed by atoms with E-state index in [2.05, 4.69) is 39.4 Å².